The minimum atomic E-state index is 0.0789. The summed E-state index contributed by atoms with van der Waals surface area (Å²) in [6.07, 6.45) is 6.82. The highest BCUT2D eigenvalue weighted by atomic mass is 16.5. The summed E-state index contributed by atoms with van der Waals surface area (Å²) in [4.78, 5) is 3.54. The zero-order valence-corrected chi connectivity index (χ0v) is 16.2. The minimum absolute atomic E-state index is 0.0789. The highest BCUT2D eigenvalue weighted by molar-refractivity contribution is 5.88. The first-order valence-electron chi connectivity index (χ1n) is 10.1. The van der Waals surface area contributed by atoms with E-state index in [4.69, 9.17) is 15.6 Å². The number of rotatable bonds is 2. The van der Waals surface area contributed by atoms with Gasteiger partial charge in [0.15, 0.2) is 0 Å². The van der Waals surface area contributed by atoms with Gasteiger partial charge in [-0.25, -0.2) is 4.68 Å². The van der Waals surface area contributed by atoms with Crippen molar-refractivity contribution in [3.63, 3.8) is 0 Å². The standard InChI is InChI=1S/C22H28N4O/c1-22(2)9-8-16-19(13-22)26(20-5-3-4-10-27-20)25-21(16)18-11-14-6-7-15(23)12-17(14)24-18/h6-7,11-12,20,24H,3-5,8-10,13,23H2,1-2H3. The fourth-order valence-corrected chi connectivity index (χ4v) is 4.60. The lowest BCUT2D eigenvalue weighted by Gasteiger charge is -2.32. The van der Waals surface area contributed by atoms with E-state index in [1.165, 1.54) is 29.5 Å². The van der Waals surface area contributed by atoms with E-state index >= 15 is 0 Å². The van der Waals surface area contributed by atoms with Gasteiger partial charge >= 0.3 is 0 Å². The smallest absolute Gasteiger partial charge is 0.150 e. The number of benzene rings is 1. The number of nitrogens with two attached hydrogens (primary N) is 1. The lowest BCUT2D eigenvalue weighted by molar-refractivity contribution is -0.0418. The van der Waals surface area contributed by atoms with Crippen LogP contribution in [0.15, 0.2) is 24.3 Å². The first-order valence-corrected chi connectivity index (χ1v) is 10.1. The zero-order valence-electron chi connectivity index (χ0n) is 16.2. The number of nitrogen functional groups attached to an aromatic ring is 1. The highest BCUT2D eigenvalue weighted by Gasteiger charge is 2.34. The number of aromatic nitrogens is 3. The van der Waals surface area contributed by atoms with Crippen LogP contribution in [0.2, 0.25) is 0 Å². The van der Waals surface area contributed by atoms with Crippen molar-refractivity contribution in [3.05, 3.63) is 35.5 Å². The van der Waals surface area contributed by atoms with Gasteiger partial charge in [-0.2, -0.15) is 5.10 Å². The van der Waals surface area contributed by atoms with Crippen LogP contribution in [0.1, 0.15) is 57.0 Å². The number of nitrogens with zero attached hydrogens (tertiary/aromatic N) is 2. The van der Waals surface area contributed by atoms with E-state index in [0.717, 1.165) is 54.9 Å². The van der Waals surface area contributed by atoms with E-state index in [1.807, 2.05) is 12.1 Å². The van der Waals surface area contributed by atoms with Crippen LogP contribution in [-0.2, 0) is 17.6 Å². The van der Waals surface area contributed by atoms with E-state index in [1.54, 1.807) is 0 Å². The van der Waals surface area contributed by atoms with Crippen molar-refractivity contribution >= 4 is 16.6 Å². The third kappa shape index (κ3) is 2.94. The van der Waals surface area contributed by atoms with Gasteiger partial charge in [0.1, 0.15) is 11.9 Å². The van der Waals surface area contributed by atoms with Crippen molar-refractivity contribution < 1.29 is 4.74 Å². The summed E-state index contributed by atoms with van der Waals surface area (Å²) in [6.45, 7) is 5.56. The van der Waals surface area contributed by atoms with Gasteiger partial charge < -0.3 is 15.5 Å². The van der Waals surface area contributed by atoms with Gasteiger partial charge in [0.25, 0.3) is 0 Å². The molecule has 1 aromatic carbocycles. The molecule has 3 N–H and O–H groups in total. The summed E-state index contributed by atoms with van der Waals surface area (Å²) < 4.78 is 8.29. The maximum absolute atomic E-state index is 6.10. The second kappa shape index (κ2) is 6.13. The Morgan fingerprint density at radius 1 is 1.26 bits per heavy atom. The van der Waals surface area contributed by atoms with Gasteiger partial charge in [0.05, 0.1) is 5.69 Å². The maximum Gasteiger partial charge on any atom is 0.150 e. The van der Waals surface area contributed by atoms with E-state index in [9.17, 15) is 0 Å². The van der Waals surface area contributed by atoms with E-state index in [2.05, 4.69) is 35.6 Å². The second-order valence-corrected chi connectivity index (χ2v) is 8.91. The predicted molar refractivity (Wildman–Crippen MR) is 109 cm³/mol. The molecule has 0 saturated carbocycles. The number of hydrogen-bond donors (Lipinski definition) is 2. The molecule has 5 nitrogen and oxygen atoms in total. The molecule has 0 bridgehead atoms. The third-order valence-electron chi connectivity index (χ3n) is 6.15. The molecule has 3 aromatic rings. The average Bonchev–Trinajstić information content (AvgIpc) is 3.22. The number of H-pyrrole nitrogens is 1. The largest absolute Gasteiger partial charge is 0.399 e. The van der Waals surface area contributed by atoms with E-state index < -0.39 is 0 Å². The molecule has 1 aliphatic heterocycles. The van der Waals surface area contributed by atoms with Gasteiger partial charge in [-0.15, -0.1) is 0 Å². The van der Waals surface area contributed by atoms with Crippen molar-refractivity contribution in [1.29, 1.82) is 0 Å². The Morgan fingerprint density at radius 3 is 2.96 bits per heavy atom. The molecule has 5 heteroatoms. The van der Waals surface area contributed by atoms with Crippen LogP contribution < -0.4 is 5.73 Å². The van der Waals surface area contributed by atoms with Crippen molar-refractivity contribution in [2.45, 2.75) is 58.6 Å². The van der Waals surface area contributed by atoms with Crippen molar-refractivity contribution in [1.82, 2.24) is 14.8 Å². The molecule has 142 valence electrons. The molecule has 1 saturated heterocycles. The molecule has 3 heterocycles. The van der Waals surface area contributed by atoms with Crippen LogP contribution in [0.4, 0.5) is 5.69 Å². The summed E-state index contributed by atoms with van der Waals surface area (Å²) >= 11 is 0. The molecule has 2 aromatic heterocycles. The summed E-state index contributed by atoms with van der Waals surface area (Å²) in [7, 11) is 0. The average molecular weight is 364 g/mol. The van der Waals surface area contributed by atoms with Crippen LogP contribution in [0.3, 0.4) is 0 Å². The van der Waals surface area contributed by atoms with Gasteiger partial charge in [-0.05, 0) is 62.1 Å². The topological polar surface area (TPSA) is 68.9 Å². The van der Waals surface area contributed by atoms with Crippen LogP contribution in [-0.4, -0.2) is 21.4 Å². The molecule has 0 amide bonds. The summed E-state index contributed by atoms with van der Waals surface area (Å²) in [6, 6.07) is 8.21. The predicted octanol–water partition coefficient (Wildman–Crippen LogP) is 4.83. The van der Waals surface area contributed by atoms with Crippen molar-refractivity contribution in [2.24, 2.45) is 5.41 Å². The maximum atomic E-state index is 6.10. The van der Waals surface area contributed by atoms with Crippen molar-refractivity contribution in [3.8, 4) is 11.4 Å². The molecular weight excluding hydrogens is 336 g/mol. The fourth-order valence-electron chi connectivity index (χ4n) is 4.60. The van der Waals surface area contributed by atoms with Gasteiger partial charge in [0, 0.05) is 34.5 Å². The van der Waals surface area contributed by atoms with E-state index in [-0.39, 0.29) is 6.23 Å². The van der Waals surface area contributed by atoms with Crippen LogP contribution in [0, 0.1) is 5.41 Å². The minimum Gasteiger partial charge on any atom is -0.399 e. The SMILES string of the molecule is CC1(C)CCc2c(-c3cc4ccc(N)cc4[nH]3)nn(C3CCCCO3)c2C1. The molecule has 2 aliphatic rings. The Kier molecular flexibility index (Phi) is 3.83. The van der Waals surface area contributed by atoms with Crippen LogP contribution in [0.25, 0.3) is 22.3 Å². The normalized spacial score (nSPS) is 22.1. The molecule has 0 spiro atoms. The number of hydrogen-bond acceptors (Lipinski definition) is 3. The molecule has 1 fully saturated rings. The highest BCUT2D eigenvalue weighted by Crippen LogP contribution is 2.41. The first kappa shape index (κ1) is 16.9. The summed E-state index contributed by atoms with van der Waals surface area (Å²) in [5, 5.41) is 6.27. The Hall–Kier alpha value is -2.27. The number of fused-ring (bicyclic) bond motifs is 2. The first-order chi connectivity index (χ1) is 13.0. The molecule has 27 heavy (non-hydrogen) atoms. The van der Waals surface area contributed by atoms with Crippen molar-refractivity contribution in [2.75, 3.05) is 12.3 Å². The fraction of sp³-hybridized carbons (Fsp3) is 0.500. The van der Waals surface area contributed by atoms with Gasteiger partial charge in [0.2, 0.25) is 0 Å². The van der Waals surface area contributed by atoms with Crippen LogP contribution >= 0.6 is 0 Å². The summed E-state index contributed by atoms with van der Waals surface area (Å²) in [5.74, 6) is 0. The second-order valence-electron chi connectivity index (χ2n) is 8.91. The van der Waals surface area contributed by atoms with E-state index in [0.29, 0.717) is 5.41 Å². The number of aromatic amines is 1. The Bertz CT molecular complexity index is 991. The number of nitrogens with one attached hydrogen (secondary N) is 1. The van der Waals surface area contributed by atoms with Crippen LogP contribution in [0.5, 0.6) is 0 Å². The third-order valence-corrected chi connectivity index (χ3v) is 6.15. The lowest BCUT2D eigenvalue weighted by atomic mass is 9.76. The van der Waals surface area contributed by atoms with Gasteiger partial charge in [-0.3, -0.25) is 0 Å². The Morgan fingerprint density at radius 2 is 2.15 bits per heavy atom. The zero-order chi connectivity index (χ0) is 18.6. The quantitative estimate of drug-likeness (QED) is 0.640. The number of ether oxygens (including phenoxy) is 1. The molecule has 1 atom stereocenters. The molecular formula is C22H28N4O. The number of anilines is 1. The lowest BCUT2D eigenvalue weighted by Crippen LogP contribution is -2.27. The monoisotopic (exact) mass is 364 g/mol. The molecule has 1 aliphatic carbocycles. The Balaban J connectivity index is 1.64. The molecule has 0 radical (unpaired) electrons. The van der Waals surface area contributed by atoms with Gasteiger partial charge in [-0.1, -0.05) is 19.9 Å². The Labute approximate surface area is 159 Å². The molecule has 5 rings (SSSR count). The summed E-state index contributed by atoms with van der Waals surface area (Å²) in [5.41, 5.74) is 13.0. The molecule has 1 unspecified atom stereocenters.